The first kappa shape index (κ1) is 23.0. The number of nitro groups is 1. The van der Waals surface area contributed by atoms with Gasteiger partial charge in [0, 0.05) is 23.1 Å². The van der Waals surface area contributed by atoms with E-state index in [1.54, 1.807) is 30.3 Å². The molecule has 3 aromatic carbocycles. The maximum atomic E-state index is 12.4. The molecule has 0 aliphatic rings. The number of non-ortho nitro benzene ring substituents is 1. The Hall–Kier alpha value is -5.17. The number of furan rings is 1. The number of rotatable bonds is 8. The summed E-state index contributed by atoms with van der Waals surface area (Å²) in [5.41, 5.74) is 4.53. The Kier molecular flexibility index (Phi) is 6.69. The monoisotopic (exact) mass is 470 g/mol. The van der Waals surface area contributed by atoms with E-state index < -0.39 is 10.8 Å². The summed E-state index contributed by atoms with van der Waals surface area (Å²) in [4.78, 5) is 22.7. The van der Waals surface area contributed by atoms with Crippen LogP contribution in [-0.4, -0.2) is 24.2 Å². The van der Waals surface area contributed by atoms with Gasteiger partial charge in [-0.2, -0.15) is 10.4 Å². The summed E-state index contributed by atoms with van der Waals surface area (Å²) in [5.74, 6) is 0.297. The van der Waals surface area contributed by atoms with Crippen molar-refractivity contribution in [2.24, 2.45) is 5.10 Å². The fourth-order valence-electron chi connectivity index (χ4n) is 3.27. The Morgan fingerprint density at radius 1 is 1.17 bits per heavy atom. The van der Waals surface area contributed by atoms with Crippen LogP contribution in [0.15, 0.2) is 76.2 Å². The highest BCUT2D eigenvalue weighted by molar-refractivity contribution is 5.97. The highest BCUT2D eigenvalue weighted by Gasteiger charge is 2.15. The van der Waals surface area contributed by atoms with Crippen LogP contribution in [0.25, 0.3) is 11.0 Å². The van der Waals surface area contributed by atoms with E-state index in [1.165, 1.54) is 37.6 Å². The van der Waals surface area contributed by atoms with Crippen LogP contribution < -0.4 is 14.9 Å². The molecular formula is C25H18N4O6. The number of nitriles is 1. The SMILES string of the molecule is COc1cc(/C=N\NC(=O)c2cc3cc([N+](=O)[O-])ccc3o2)ccc1OCc1ccccc1C#N. The second kappa shape index (κ2) is 10.2. The van der Waals surface area contributed by atoms with Crippen LogP contribution >= 0.6 is 0 Å². The van der Waals surface area contributed by atoms with Gasteiger partial charge in [-0.05, 0) is 42.0 Å². The lowest BCUT2D eigenvalue weighted by molar-refractivity contribution is -0.384. The van der Waals surface area contributed by atoms with Crippen LogP contribution in [0.5, 0.6) is 11.5 Å². The molecule has 0 bridgehead atoms. The summed E-state index contributed by atoms with van der Waals surface area (Å²) in [6.07, 6.45) is 1.42. The molecule has 10 heteroatoms. The number of hydrazone groups is 1. The van der Waals surface area contributed by atoms with E-state index in [2.05, 4.69) is 16.6 Å². The quantitative estimate of drug-likeness (QED) is 0.226. The Labute approximate surface area is 199 Å². The zero-order valence-corrected chi connectivity index (χ0v) is 18.4. The number of hydrogen-bond acceptors (Lipinski definition) is 8. The van der Waals surface area contributed by atoms with Crippen molar-refractivity contribution >= 4 is 28.8 Å². The molecule has 0 saturated heterocycles. The van der Waals surface area contributed by atoms with Crippen molar-refractivity contribution in [1.29, 1.82) is 5.26 Å². The number of fused-ring (bicyclic) bond motifs is 1. The molecule has 174 valence electrons. The first-order chi connectivity index (χ1) is 17.0. The van der Waals surface area contributed by atoms with Crippen molar-refractivity contribution in [3.63, 3.8) is 0 Å². The predicted molar refractivity (Wildman–Crippen MR) is 126 cm³/mol. The zero-order valence-electron chi connectivity index (χ0n) is 18.4. The number of amides is 1. The Morgan fingerprint density at radius 3 is 2.77 bits per heavy atom. The fourth-order valence-corrected chi connectivity index (χ4v) is 3.27. The second-order valence-corrected chi connectivity index (χ2v) is 7.26. The van der Waals surface area contributed by atoms with Gasteiger partial charge in [0.2, 0.25) is 0 Å². The average molecular weight is 470 g/mol. The molecule has 0 spiro atoms. The summed E-state index contributed by atoms with van der Waals surface area (Å²) in [7, 11) is 1.50. The van der Waals surface area contributed by atoms with E-state index in [9.17, 15) is 20.2 Å². The molecule has 0 aliphatic heterocycles. The zero-order chi connectivity index (χ0) is 24.8. The highest BCUT2D eigenvalue weighted by Crippen LogP contribution is 2.29. The second-order valence-electron chi connectivity index (χ2n) is 7.26. The van der Waals surface area contributed by atoms with Crippen LogP contribution in [0.3, 0.4) is 0 Å². The third kappa shape index (κ3) is 5.26. The maximum Gasteiger partial charge on any atom is 0.307 e. The summed E-state index contributed by atoms with van der Waals surface area (Å²) < 4.78 is 16.6. The highest BCUT2D eigenvalue weighted by atomic mass is 16.6. The normalized spacial score (nSPS) is 10.7. The number of nitro benzene ring substituents is 1. The largest absolute Gasteiger partial charge is 0.493 e. The molecule has 1 heterocycles. The molecule has 0 saturated carbocycles. The van der Waals surface area contributed by atoms with Crippen LogP contribution in [0.4, 0.5) is 5.69 Å². The van der Waals surface area contributed by atoms with Crippen LogP contribution in [0.2, 0.25) is 0 Å². The third-order valence-electron chi connectivity index (χ3n) is 5.02. The minimum absolute atomic E-state index is 0.0309. The van der Waals surface area contributed by atoms with Crippen molar-refractivity contribution in [3.05, 3.63) is 99.3 Å². The molecule has 0 radical (unpaired) electrons. The number of nitrogens with zero attached hydrogens (tertiary/aromatic N) is 3. The Balaban J connectivity index is 1.41. The molecule has 0 fully saturated rings. The molecule has 35 heavy (non-hydrogen) atoms. The molecule has 1 N–H and O–H groups in total. The van der Waals surface area contributed by atoms with Crippen molar-refractivity contribution in [2.75, 3.05) is 7.11 Å². The molecule has 0 aliphatic carbocycles. The van der Waals surface area contributed by atoms with Crippen molar-refractivity contribution in [2.45, 2.75) is 6.61 Å². The molecule has 1 aromatic heterocycles. The number of ether oxygens (including phenoxy) is 2. The summed E-state index contributed by atoms with van der Waals surface area (Å²) >= 11 is 0. The van der Waals surface area contributed by atoms with Crippen LogP contribution in [-0.2, 0) is 6.61 Å². The minimum Gasteiger partial charge on any atom is -0.493 e. The molecule has 0 atom stereocenters. The average Bonchev–Trinajstić information content (AvgIpc) is 3.31. The predicted octanol–water partition coefficient (Wildman–Crippen LogP) is 4.56. The number of carbonyl (C=O) groups excluding carboxylic acids is 1. The molecule has 10 nitrogen and oxygen atoms in total. The first-order valence-corrected chi connectivity index (χ1v) is 10.3. The van der Waals surface area contributed by atoms with E-state index in [-0.39, 0.29) is 18.1 Å². The van der Waals surface area contributed by atoms with Gasteiger partial charge in [-0.25, -0.2) is 5.43 Å². The van der Waals surface area contributed by atoms with Gasteiger partial charge >= 0.3 is 5.91 Å². The lowest BCUT2D eigenvalue weighted by atomic mass is 10.1. The molecular weight excluding hydrogens is 452 g/mol. The van der Waals surface area contributed by atoms with Gasteiger partial charge in [0.1, 0.15) is 12.2 Å². The van der Waals surface area contributed by atoms with Crippen molar-refractivity contribution < 1.29 is 23.6 Å². The number of methoxy groups -OCH3 is 1. The minimum atomic E-state index is -0.608. The number of nitrogens with one attached hydrogen (secondary N) is 1. The van der Waals surface area contributed by atoms with E-state index in [1.807, 2.05) is 12.1 Å². The lowest BCUT2D eigenvalue weighted by Crippen LogP contribution is -2.16. The van der Waals surface area contributed by atoms with E-state index in [0.29, 0.717) is 33.6 Å². The van der Waals surface area contributed by atoms with Gasteiger partial charge in [-0.15, -0.1) is 0 Å². The third-order valence-corrected chi connectivity index (χ3v) is 5.02. The van der Waals surface area contributed by atoms with Crippen molar-refractivity contribution in [3.8, 4) is 17.6 Å². The van der Waals surface area contributed by atoms with Crippen LogP contribution in [0, 0.1) is 21.4 Å². The lowest BCUT2D eigenvalue weighted by Gasteiger charge is -2.12. The fraction of sp³-hybridized carbons (Fsp3) is 0.0800. The van der Waals surface area contributed by atoms with Gasteiger partial charge in [-0.3, -0.25) is 14.9 Å². The summed E-state index contributed by atoms with van der Waals surface area (Å²) in [6, 6.07) is 19.9. The van der Waals surface area contributed by atoms with E-state index >= 15 is 0 Å². The summed E-state index contributed by atoms with van der Waals surface area (Å²) in [5, 5.41) is 24.5. The molecule has 1 amide bonds. The smallest absolute Gasteiger partial charge is 0.307 e. The number of hydrogen-bond donors (Lipinski definition) is 1. The standard InChI is InChI=1S/C25H18N4O6/c1-33-23-10-16(6-8-22(23)34-15-18-5-3-2-4-17(18)13-26)14-27-28-25(30)24-12-19-11-20(29(31)32)7-9-21(19)35-24/h2-12,14H,15H2,1H3,(H,28,30)/b27-14-. The van der Waals surface area contributed by atoms with E-state index in [4.69, 9.17) is 13.9 Å². The topological polar surface area (TPSA) is 140 Å². The Morgan fingerprint density at radius 2 is 2.00 bits per heavy atom. The summed E-state index contributed by atoms with van der Waals surface area (Å²) in [6.45, 7) is 0.199. The van der Waals surface area contributed by atoms with E-state index in [0.717, 1.165) is 5.56 Å². The molecule has 0 unspecified atom stereocenters. The van der Waals surface area contributed by atoms with Gasteiger partial charge in [0.15, 0.2) is 17.3 Å². The molecule has 4 rings (SSSR count). The van der Waals surface area contributed by atoms with Crippen LogP contribution in [0.1, 0.15) is 27.2 Å². The number of benzene rings is 3. The first-order valence-electron chi connectivity index (χ1n) is 10.3. The van der Waals surface area contributed by atoms with Gasteiger partial charge < -0.3 is 13.9 Å². The van der Waals surface area contributed by atoms with Gasteiger partial charge in [-0.1, -0.05) is 18.2 Å². The van der Waals surface area contributed by atoms with Crippen molar-refractivity contribution in [1.82, 2.24) is 5.43 Å². The maximum absolute atomic E-state index is 12.4. The Bertz CT molecular complexity index is 1490. The van der Waals surface area contributed by atoms with Gasteiger partial charge in [0.25, 0.3) is 5.69 Å². The molecule has 4 aromatic rings. The van der Waals surface area contributed by atoms with Gasteiger partial charge in [0.05, 0.1) is 29.9 Å². The number of carbonyl (C=O) groups is 1.